The van der Waals surface area contributed by atoms with Crippen molar-refractivity contribution in [3.05, 3.63) is 89.6 Å². The highest BCUT2D eigenvalue weighted by atomic mass is 32.2. The lowest BCUT2D eigenvalue weighted by Gasteiger charge is -2.13. The summed E-state index contributed by atoms with van der Waals surface area (Å²) in [7, 11) is -4.11. The quantitative estimate of drug-likeness (QED) is 0.415. The van der Waals surface area contributed by atoms with E-state index in [9.17, 15) is 22.0 Å². The van der Waals surface area contributed by atoms with Gasteiger partial charge in [0.25, 0.3) is 15.9 Å². The molecule has 0 saturated carbocycles. The van der Waals surface area contributed by atoms with Crippen LogP contribution in [0.4, 0.5) is 20.2 Å². The van der Waals surface area contributed by atoms with E-state index in [1.54, 1.807) is 13.0 Å². The summed E-state index contributed by atoms with van der Waals surface area (Å²) in [4.78, 5) is 15.4. The Kier molecular flexibility index (Phi) is 5.20. The van der Waals surface area contributed by atoms with Crippen molar-refractivity contribution in [1.82, 2.24) is 4.98 Å². The van der Waals surface area contributed by atoms with Crippen LogP contribution in [0.2, 0.25) is 0 Å². The maximum Gasteiger partial charge on any atom is 0.272 e. The maximum absolute atomic E-state index is 13.9. The Hall–Kier alpha value is -3.72. The van der Waals surface area contributed by atoms with Gasteiger partial charge in [0, 0.05) is 16.6 Å². The van der Waals surface area contributed by atoms with Crippen LogP contribution in [-0.2, 0) is 10.0 Å². The molecule has 0 fully saturated rings. The van der Waals surface area contributed by atoms with E-state index in [1.807, 2.05) is 0 Å². The van der Waals surface area contributed by atoms with E-state index in [0.29, 0.717) is 16.5 Å². The minimum Gasteiger partial charge on any atom is -0.351 e. The Morgan fingerprint density at radius 2 is 1.74 bits per heavy atom. The number of aromatic nitrogens is 1. The molecular weight excluding hydrogens is 424 g/mol. The highest BCUT2D eigenvalue weighted by Gasteiger charge is 2.20. The number of sulfonamides is 1. The summed E-state index contributed by atoms with van der Waals surface area (Å²) in [6.45, 7) is 1.59. The van der Waals surface area contributed by atoms with Crippen LogP contribution < -0.4 is 10.0 Å². The number of fused-ring (bicyclic) bond motifs is 1. The van der Waals surface area contributed by atoms with Crippen LogP contribution in [0.15, 0.2) is 71.6 Å². The summed E-state index contributed by atoms with van der Waals surface area (Å²) in [6, 6.07) is 15.4. The maximum atomic E-state index is 13.9. The van der Waals surface area contributed by atoms with E-state index in [4.69, 9.17) is 0 Å². The van der Waals surface area contributed by atoms with Crippen LogP contribution in [0.25, 0.3) is 10.9 Å². The normalized spacial score (nSPS) is 11.5. The Labute approximate surface area is 177 Å². The lowest BCUT2D eigenvalue weighted by molar-refractivity contribution is 0.102. The number of anilines is 2. The van der Waals surface area contributed by atoms with Crippen molar-refractivity contribution in [3.63, 3.8) is 0 Å². The van der Waals surface area contributed by atoms with Gasteiger partial charge < -0.3 is 10.3 Å². The summed E-state index contributed by atoms with van der Waals surface area (Å²) in [5.41, 5.74) is 1.25. The zero-order valence-corrected chi connectivity index (χ0v) is 17.1. The standard InChI is InChI=1S/C22H17F2N3O3S/c1-13-6-8-16(12-21(13)31(29,30)27-19-5-3-2-4-17(19)24)25-22(28)20-11-14-10-15(23)7-9-18(14)26-20/h2-12,26-27H,1H3,(H,25,28). The van der Waals surface area contributed by atoms with Gasteiger partial charge in [0.15, 0.2) is 0 Å². The second kappa shape index (κ2) is 7.84. The van der Waals surface area contributed by atoms with Crippen LogP contribution in [-0.4, -0.2) is 19.3 Å². The molecule has 0 saturated heterocycles. The lowest BCUT2D eigenvalue weighted by Crippen LogP contribution is -2.17. The average molecular weight is 441 g/mol. The molecule has 0 spiro atoms. The second-order valence-corrected chi connectivity index (χ2v) is 8.59. The van der Waals surface area contributed by atoms with Gasteiger partial charge in [0.2, 0.25) is 0 Å². The van der Waals surface area contributed by atoms with Gasteiger partial charge in [-0.3, -0.25) is 9.52 Å². The van der Waals surface area contributed by atoms with Crippen molar-refractivity contribution in [2.45, 2.75) is 11.8 Å². The van der Waals surface area contributed by atoms with E-state index in [0.717, 1.165) is 6.07 Å². The molecule has 158 valence electrons. The smallest absolute Gasteiger partial charge is 0.272 e. The number of nitrogens with one attached hydrogen (secondary N) is 3. The molecule has 9 heteroatoms. The van der Waals surface area contributed by atoms with Gasteiger partial charge >= 0.3 is 0 Å². The second-order valence-electron chi connectivity index (χ2n) is 6.93. The van der Waals surface area contributed by atoms with E-state index in [2.05, 4.69) is 15.0 Å². The Morgan fingerprint density at radius 1 is 0.968 bits per heavy atom. The zero-order valence-electron chi connectivity index (χ0n) is 16.2. The van der Waals surface area contributed by atoms with Crippen molar-refractivity contribution in [3.8, 4) is 0 Å². The molecule has 0 aliphatic carbocycles. The number of aryl methyl sites for hydroxylation is 1. The monoisotopic (exact) mass is 441 g/mol. The number of carbonyl (C=O) groups excluding carboxylic acids is 1. The summed E-state index contributed by atoms with van der Waals surface area (Å²) >= 11 is 0. The molecule has 31 heavy (non-hydrogen) atoms. The third-order valence-electron chi connectivity index (χ3n) is 4.68. The van der Waals surface area contributed by atoms with Gasteiger partial charge in [0.1, 0.15) is 17.3 Å². The number of para-hydroxylation sites is 1. The molecule has 0 aliphatic heterocycles. The molecule has 6 nitrogen and oxygen atoms in total. The summed E-state index contributed by atoms with van der Waals surface area (Å²) < 4.78 is 55.1. The largest absolute Gasteiger partial charge is 0.351 e. The molecule has 0 aliphatic rings. The zero-order chi connectivity index (χ0) is 22.2. The number of amides is 1. The number of hydrogen-bond acceptors (Lipinski definition) is 3. The SMILES string of the molecule is Cc1ccc(NC(=O)c2cc3cc(F)ccc3[nH]2)cc1S(=O)(=O)Nc1ccccc1F. The molecule has 1 heterocycles. The van der Waals surface area contributed by atoms with Crippen molar-refractivity contribution in [1.29, 1.82) is 0 Å². The first-order chi connectivity index (χ1) is 14.7. The van der Waals surface area contributed by atoms with E-state index < -0.39 is 27.6 Å². The first-order valence-corrected chi connectivity index (χ1v) is 10.7. The third kappa shape index (κ3) is 4.26. The fourth-order valence-corrected chi connectivity index (χ4v) is 4.47. The van der Waals surface area contributed by atoms with Gasteiger partial charge in [-0.05, 0) is 61.0 Å². The molecule has 0 bridgehead atoms. The molecule has 3 N–H and O–H groups in total. The topological polar surface area (TPSA) is 91.1 Å². The van der Waals surface area contributed by atoms with Crippen molar-refractivity contribution in [2.24, 2.45) is 0 Å². The Bertz CT molecular complexity index is 1410. The number of H-pyrrole nitrogens is 1. The fraction of sp³-hybridized carbons (Fsp3) is 0.0455. The first kappa shape index (κ1) is 20.5. The van der Waals surface area contributed by atoms with E-state index >= 15 is 0 Å². The lowest BCUT2D eigenvalue weighted by atomic mass is 10.2. The Morgan fingerprint density at radius 3 is 2.52 bits per heavy atom. The molecule has 3 aromatic carbocycles. The minimum absolute atomic E-state index is 0.104. The number of aromatic amines is 1. The summed E-state index contributed by atoms with van der Waals surface area (Å²) in [5.74, 6) is -1.65. The first-order valence-electron chi connectivity index (χ1n) is 9.20. The van der Waals surface area contributed by atoms with Gasteiger partial charge in [0.05, 0.1) is 10.6 Å². The van der Waals surface area contributed by atoms with E-state index in [1.165, 1.54) is 54.6 Å². The third-order valence-corrected chi connectivity index (χ3v) is 6.19. The minimum atomic E-state index is -4.11. The summed E-state index contributed by atoms with van der Waals surface area (Å²) in [6.07, 6.45) is 0. The molecule has 1 aromatic heterocycles. The predicted molar refractivity (Wildman–Crippen MR) is 115 cm³/mol. The van der Waals surface area contributed by atoms with Crippen LogP contribution in [0.5, 0.6) is 0 Å². The van der Waals surface area contributed by atoms with Crippen molar-refractivity contribution >= 4 is 38.2 Å². The fourth-order valence-electron chi connectivity index (χ4n) is 3.14. The number of hydrogen-bond donors (Lipinski definition) is 3. The number of halogens is 2. The van der Waals surface area contributed by atoms with Crippen LogP contribution >= 0.6 is 0 Å². The molecule has 0 radical (unpaired) electrons. The summed E-state index contributed by atoms with van der Waals surface area (Å²) in [5, 5.41) is 3.15. The van der Waals surface area contributed by atoms with Crippen molar-refractivity contribution in [2.75, 3.05) is 10.0 Å². The van der Waals surface area contributed by atoms with Crippen molar-refractivity contribution < 1.29 is 22.0 Å². The van der Waals surface area contributed by atoms with E-state index in [-0.39, 0.29) is 22.0 Å². The molecule has 4 aromatic rings. The number of benzene rings is 3. The Balaban J connectivity index is 1.61. The highest BCUT2D eigenvalue weighted by Crippen LogP contribution is 2.25. The van der Waals surface area contributed by atoms with Gasteiger partial charge in [-0.15, -0.1) is 0 Å². The van der Waals surface area contributed by atoms with Gasteiger partial charge in [-0.1, -0.05) is 18.2 Å². The molecular formula is C22H17F2N3O3S. The molecule has 1 amide bonds. The van der Waals surface area contributed by atoms with Gasteiger partial charge in [-0.25, -0.2) is 17.2 Å². The molecule has 4 rings (SSSR count). The number of carbonyl (C=O) groups is 1. The molecule has 0 unspecified atom stereocenters. The van der Waals surface area contributed by atoms with Gasteiger partial charge in [-0.2, -0.15) is 0 Å². The average Bonchev–Trinajstić information content (AvgIpc) is 3.14. The van der Waals surface area contributed by atoms with Crippen LogP contribution in [0.3, 0.4) is 0 Å². The van der Waals surface area contributed by atoms with Crippen LogP contribution in [0, 0.1) is 18.6 Å². The molecule has 0 atom stereocenters. The highest BCUT2D eigenvalue weighted by molar-refractivity contribution is 7.92. The van der Waals surface area contributed by atoms with Crippen LogP contribution in [0.1, 0.15) is 16.1 Å². The number of rotatable bonds is 5. The predicted octanol–water partition coefficient (Wildman–Crippen LogP) is 4.81.